The van der Waals surface area contributed by atoms with Crippen molar-refractivity contribution >= 4 is 10.0 Å². The second-order valence-corrected chi connectivity index (χ2v) is 7.43. The molecule has 0 aromatic heterocycles. The molecule has 0 amide bonds. The Kier molecular flexibility index (Phi) is 4.16. The minimum atomic E-state index is -3.51. The Morgan fingerprint density at radius 2 is 1.84 bits per heavy atom. The lowest BCUT2D eigenvalue weighted by atomic mass is 9.87. The van der Waals surface area contributed by atoms with Crippen molar-refractivity contribution in [2.45, 2.75) is 43.5 Å². The second-order valence-electron chi connectivity index (χ2n) is 5.43. The third kappa shape index (κ3) is 3.09. The number of benzene rings is 1. The summed E-state index contributed by atoms with van der Waals surface area (Å²) in [5, 5.41) is 9.42. The van der Waals surface area contributed by atoms with Crippen LogP contribution in [0.15, 0.2) is 29.2 Å². The summed E-state index contributed by atoms with van der Waals surface area (Å²) in [4.78, 5) is 0.161. The third-order valence-corrected chi connectivity index (χ3v) is 5.90. The van der Waals surface area contributed by atoms with Gasteiger partial charge in [0.05, 0.1) is 4.90 Å². The monoisotopic (exact) mass is 283 g/mol. The maximum absolute atomic E-state index is 12.5. The van der Waals surface area contributed by atoms with Crippen LogP contribution in [0.2, 0.25) is 0 Å². The number of phenols is 1. The summed E-state index contributed by atoms with van der Waals surface area (Å²) in [5.41, 5.74) is 0. The first-order valence-electron chi connectivity index (χ1n) is 6.68. The minimum Gasteiger partial charge on any atom is -0.508 e. The molecule has 1 aromatic carbocycles. The van der Waals surface area contributed by atoms with Gasteiger partial charge in [-0.3, -0.25) is 0 Å². The maximum atomic E-state index is 12.5. The molecule has 0 unspecified atom stereocenters. The van der Waals surface area contributed by atoms with Crippen LogP contribution in [0.4, 0.5) is 0 Å². The number of phenolic OH excluding ortho intramolecular Hbond substituents is 1. The molecular weight excluding hydrogens is 262 g/mol. The molecule has 106 valence electrons. The van der Waals surface area contributed by atoms with E-state index in [0.29, 0.717) is 5.92 Å². The molecule has 4 nitrogen and oxygen atoms in total. The lowest BCUT2D eigenvalue weighted by Gasteiger charge is -2.32. The van der Waals surface area contributed by atoms with Crippen LogP contribution in [-0.2, 0) is 10.0 Å². The Balaban J connectivity index is 2.20. The van der Waals surface area contributed by atoms with E-state index < -0.39 is 10.0 Å². The summed E-state index contributed by atoms with van der Waals surface area (Å²) in [5.74, 6) is 0.667. The van der Waals surface area contributed by atoms with Crippen molar-refractivity contribution in [1.29, 1.82) is 0 Å². The van der Waals surface area contributed by atoms with Gasteiger partial charge in [0.2, 0.25) is 10.0 Å². The Bertz CT molecular complexity index is 533. The molecule has 1 saturated carbocycles. The molecule has 19 heavy (non-hydrogen) atoms. The van der Waals surface area contributed by atoms with Gasteiger partial charge in [0.1, 0.15) is 5.75 Å². The van der Waals surface area contributed by atoms with Crippen LogP contribution >= 0.6 is 0 Å². The van der Waals surface area contributed by atoms with E-state index in [1.807, 2.05) is 0 Å². The summed E-state index contributed by atoms with van der Waals surface area (Å²) >= 11 is 0. The van der Waals surface area contributed by atoms with Gasteiger partial charge in [-0.15, -0.1) is 0 Å². The highest BCUT2D eigenvalue weighted by Gasteiger charge is 2.30. The van der Waals surface area contributed by atoms with Gasteiger partial charge >= 0.3 is 0 Å². The van der Waals surface area contributed by atoms with Crippen molar-refractivity contribution in [3.63, 3.8) is 0 Å². The van der Waals surface area contributed by atoms with E-state index in [1.54, 1.807) is 13.1 Å². The predicted octanol–water partition coefficient (Wildman–Crippen LogP) is 2.59. The number of rotatable bonds is 3. The number of sulfonamides is 1. The Morgan fingerprint density at radius 1 is 1.21 bits per heavy atom. The van der Waals surface area contributed by atoms with Crippen molar-refractivity contribution in [1.82, 2.24) is 4.31 Å². The average molecular weight is 283 g/mol. The first-order chi connectivity index (χ1) is 8.91. The van der Waals surface area contributed by atoms with Gasteiger partial charge < -0.3 is 5.11 Å². The van der Waals surface area contributed by atoms with E-state index in [4.69, 9.17) is 0 Å². The van der Waals surface area contributed by atoms with Gasteiger partial charge in [-0.1, -0.05) is 13.0 Å². The fourth-order valence-corrected chi connectivity index (χ4v) is 4.07. The molecular formula is C14H21NO3S. The lowest BCUT2D eigenvalue weighted by Crippen LogP contribution is -2.39. The topological polar surface area (TPSA) is 57.6 Å². The van der Waals surface area contributed by atoms with Crippen molar-refractivity contribution in [3.05, 3.63) is 24.3 Å². The molecule has 0 atom stereocenters. The fraction of sp³-hybridized carbons (Fsp3) is 0.571. The molecule has 1 fully saturated rings. The van der Waals surface area contributed by atoms with Gasteiger partial charge in [-0.05, 0) is 49.8 Å². The van der Waals surface area contributed by atoms with Gasteiger partial charge in [-0.2, -0.15) is 4.31 Å². The van der Waals surface area contributed by atoms with Gasteiger partial charge in [0.25, 0.3) is 0 Å². The first-order valence-corrected chi connectivity index (χ1v) is 8.12. The summed E-state index contributed by atoms with van der Waals surface area (Å²) in [6.45, 7) is 2.21. The zero-order valence-corrected chi connectivity index (χ0v) is 12.2. The standard InChI is InChI=1S/C14H21NO3S/c1-11-6-8-12(9-7-11)15(2)19(17,18)14-5-3-4-13(16)10-14/h3-5,10-12,16H,6-9H2,1-2H3. The Morgan fingerprint density at radius 3 is 2.42 bits per heavy atom. The number of hydrogen-bond acceptors (Lipinski definition) is 3. The van der Waals surface area contributed by atoms with Gasteiger partial charge in [0, 0.05) is 13.1 Å². The number of nitrogens with zero attached hydrogens (tertiary/aromatic N) is 1. The maximum Gasteiger partial charge on any atom is 0.243 e. The average Bonchev–Trinajstić information content (AvgIpc) is 2.39. The summed E-state index contributed by atoms with van der Waals surface area (Å²) in [7, 11) is -1.87. The lowest BCUT2D eigenvalue weighted by molar-refractivity contribution is 0.246. The van der Waals surface area contributed by atoms with Crippen molar-refractivity contribution in [3.8, 4) is 5.75 Å². The molecule has 0 spiro atoms. The largest absolute Gasteiger partial charge is 0.508 e. The summed E-state index contributed by atoms with van der Waals surface area (Å²) < 4.78 is 26.4. The van der Waals surface area contributed by atoms with Crippen molar-refractivity contribution < 1.29 is 13.5 Å². The quantitative estimate of drug-likeness (QED) is 0.927. The van der Waals surface area contributed by atoms with Crippen molar-refractivity contribution in [2.75, 3.05) is 7.05 Å². The smallest absolute Gasteiger partial charge is 0.243 e. The summed E-state index contributed by atoms with van der Waals surface area (Å²) in [6, 6.07) is 5.93. The predicted molar refractivity (Wildman–Crippen MR) is 74.5 cm³/mol. The molecule has 0 bridgehead atoms. The summed E-state index contributed by atoms with van der Waals surface area (Å²) in [6.07, 6.45) is 3.97. The first kappa shape index (κ1) is 14.3. The highest BCUT2D eigenvalue weighted by Crippen LogP contribution is 2.30. The van der Waals surface area contributed by atoms with Crippen LogP contribution in [0, 0.1) is 5.92 Å². The van der Waals surface area contributed by atoms with E-state index >= 15 is 0 Å². The van der Waals surface area contributed by atoms with E-state index in [2.05, 4.69) is 6.92 Å². The molecule has 0 saturated heterocycles. The molecule has 1 aromatic rings. The van der Waals surface area contributed by atoms with Gasteiger partial charge in [0.15, 0.2) is 0 Å². The molecule has 0 radical (unpaired) electrons. The van der Waals surface area contributed by atoms with Crippen LogP contribution in [-0.4, -0.2) is 30.9 Å². The highest BCUT2D eigenvalue weighted by atomic mass is 32.2. The van der Waals surface area contributed by atoms with Crippen LogP contribution in [0.3, 0.4) is 0 Å². The zero-order chi connectivity index (χ0) is 14.0. The molecule has 5 heteroatoms. The fourth-order valence-electron chi connectivity index (χ4n) is 2.61. The van der Waals surface area contributed by atoms with E-state index in [1.165, 1.54) is 22.5 Å². The zero-order valence-electron chi connectivity index (χ0n) is 11.4. The van der Waals surface area contributed by atoms with E-state index in [0.717, 1.165) is 25.7 Å². The number of aromatic hydroxyl groups is 1. The van der Waals surface area contributed by atoms with Crippen LogP contribution < -0.4 is 0 Å². The van der Waals surface area contributed by atoms with E-state index in [-0.39, 0.29) is 16.7 Å². The molecule has 1 N–H and O–H groups in total. The SMILES string of the molecule is CC1CCC(N(C)S(=O)(=O)c2cccc(O)c2)CC1. The highest BCUT2D eigenvalue weighted by molar-refractivity contribution is 7.89. The van der Waals surface area contributed by atoms with Gasteiger partial charge in [-0.25, -0.2) is 8.42 Å². The molecule has 0 heterocycles. The van der Waals surface area contributed by atoms with E-state index in [9.17, 15) is 13.5 Å². The van der Waals surface area contributed by atoms with Crippen LogP contribution in [0.25, 0.3) is 0 Å². The van der Waals surface area contributed by atoms with Crippen molar-refractivity contribution in [2.24, 2.45) is 5.92 Å². The Hall–Kier alpha value is -1.07. The second kappa shape index (κ2) is 5.51. The molecule has 0 aliphatic heterocycles. The molecule has 2 rings (SSSR count). The number of hydrogen-bond donors (Lipinski definition) is 1. The molecule has 1 aliphatic carbocycles. The molecule has 1 aliphatic rings. The Labute approximate surface area is 115 Å². The van der Waals surface area contributed by atoms with Crippen LogP contribution in [0.1, 0.15) is 32.6 Å². The minimum absolute atomic E-state index is 0.0215. The normalized spacial score (nSPS) is 24.6. The third-order valence-electron chi connectivity index (χ3n) is 3.99. The van der Waals surface area contributed by atoms with Crippen LogP contribution in [0.5, 0.6) is 5.75 Å².